The first-order chi connectivity index (χ1) is 10.4. The van der Waals surface area contributed by atoms with E-state index in [0.717, 1.165) is 6.34 Å². The number of nitrogens with one attached hydrogen (secondary N) is 2. The van der Waals surface area contributed by atoms with Crippen LogP contribution in [0.2, 0.25) is 0 Å². The lowest BCUT2D eigenvalue weighted by molar-refractivity contribution is -0.161. The molecule has 2 heterocycles. The van der Waals surface area contributed by atoms with Gasteiger partial charge in [-0.2, -0.15) is 0 Å². The van der Waals surface area contributed by atoms with Crippen molar-refractivity contribution in [3.63, 3.8) is 0 Å². The third-order valence-corrected chi connectivity index (χ3v) is 5.26. The van der Waals surface area contributed by atoms with Crippen LogP contribution >= 0.6 is 0 Å². The summed E-state index contributed by atoms with van der Waals surface area (Å²) in [6.45, 7) is 1.88. The summed E-state index contributed by atoms with van der Waals surface area (Å²) in [6, 6.07) is -0.342. The summed E-state index contributed by atoms with van der Waals surface area (Å²) in [5.41, 5.74) is 0.405. The summed E-state index contributed by atoms with van der Waals surface area (Å²) in [5, 5.41) is 28.4. The number of carbonyl (C=O) groups is 2. The molecule has 0 aromatic heterocycles. The number of β-lactam (4-membered cyclic amide) rings is 1. The van der Waals surface area contributed by atoms with Crippen molar-refractivity contribution in [2.75, 3.05) is 18.1 Å². The van der Waals surface area contributed by atoms with Gasteiger partial charge in [-0.1, -0.05) is 0 Å². The van der Waals surface area contributed by atoms with E-state index in [-0.39, 0.29) is 23.4 Å². The van der Waals surface area contributed by atoms with Crippen molar-refractivity contribution in [3.8, 4) is 0 Å². The molecule has 2 aliphatic rings. The summed E-state index contributed by atoms with van der Waals surface area (Å²) >= 11 is -1.27. The van der Waals surface area contributed by atoms with E-state index in [1.165, 1.54) is 11.8 Å². The van der Waals surface area contributed by atoms with Gasteiger partial charge in [-0.3, -0.25) is 10.2 Å². The Labute approximate surface area is 130 Å². The monoisotopic (exact) mass is 329 g/mol. The second-order valence-corrected chi connectivity index (χ2v) is 6.97. The summed E-state index contributed by atoms with van der Waals surface area (Å²) in [4.78, 5) is 24.6. The Balaban J connectivity index is 2.08. The lowest BCUT2D eigenvalue weighted by Crippen LogP contribution is -2.61. The van der Waals surface area contributed by atoms with Crippen LogP contribution < -0.4 is 5.32 Å². The molecule has 1 amide bonds. The van der Waals surface area contributed by atoms with Gasteiger partial charge in [-0.25, -0.2) is 4.79 Å². The molecule has 4 N–H and O–H groups in total. The van der Waals surface area contributed by atoms with Crippen LogP contribution in [-0.2, 0) is 20.8 Å². The Bertz CT molecular complexity index is 522. The zero-order valence-electron chi connectivity index (χ0n) is 12.1. The van der Waals surface area contributed by atoms with Gasteiger partial charge in [-0.15, -0.1) is 0 Å². The Morgan fingerprint density at radius 3 is 2.91 bits per heavy atom. The van der Waals surface area contributed by atoms with Gasteiger partial charge in [-0.05, 0) is 24.5 Å². The predicted molar refractivity (Wildman–Crippen MR) is 79.7 cm³/mol. The zero-order chi connectivity index (χ0) is 16.4. The molecule has 2 rings (SSSR count). The highest BCUT2D eigenvalue weighted by Crippen LogP contribution is 2.43. The largest absolute Gasteiger partial charge is 0.616 e. The number of amides is 1. The number of carboxylic acids is 1. The number of carbonyl (C=O) groups excluding carboxylic acids is 1. The molecule has 4 unspecified atom stereocenters. The van der Waals surface area contributed by atoms with Crippen LogP contribution in [0.1, 0.15) is 13.3 Å². The van der Waals surface area contributed by atoms with Crippen molar-refractivity contribution in [2.24, 2.45) is 5.92 Å². The van der Waals surface area contributed by atoms with Crippen LogP contribution in [0.25, 0.3) is 0 Å². The Hall–Kier alpha value is -1.58. The van der Waals surface area contributed by atoms with Crippen LogP contribution in [-0.4, -0.2) is 68.1 Å². The molecule has 4 atom stereocenters. The third kappa shape index (κ3) is 2.96. The minimum atomic E-state index is -1.27. The van der Waals surface area contributed by atoms with Crippen LogP contribution in [0.15, 0.2) is 11.3 Å². The fraction of sp³-hybridized carbons (Fsp3) is 0.615. The van der Waals surface area contributed by atoms with E-state index in [1.54, 1.807) is 0 Å². The predicted octanol–water partition coefficient (Wildman–Crippen LogP) is -1.12. The van der Waals surface area contributed by atoms with E-state index in [9.17, 15) is 24.4 Å². The highest BCUT2D eigenvalue weighted by atomic mass is 32.2. The average Bonchev–Trinajstić information content (AvgIpc) is 2.73. The maximum Gasteiger partial charge on any atom is 0.352 e. The first-order valence-corrected chi connectivity index (χ1v) is 8.41. The molecule has 22 heavy (non-hydrogen) atoms. The number of rotatable bonds is 8. The smallest absolute Gasteiger partial charge is 0.352 e. The Kier molecular flexibility index (Phi) is 5.09. The van der Waals surface area contributed by atoms with E-state index < -0.39 is 29.2 Å². The van der Waals surface area contributed by atoms with Crippen molar-refractivity contribution in [1.82, 2.24) is 10.2 Å². The van der Waals surface area contributed by atoms with Crippen molar-refractivity contribution < 1.29 is 24.4 Å². The minimum Gasteiger partial charge on any atom is -0.616 e. The van der Waals surface area contributed by atoms with Crippen molar-refractivity contribution >= 4 is 29.4 Å². The molecule has 1 saturated heterocycles. The highest BCUT2D eigenvalue weighted by Gasteiger charge is 2.56. The van der Waals surface area contributed by atoms with Gasteiger partial charge < -0.3 is 25.0 Å². The number of nitrogens with zero attached hydrogens (tertiary/aromatic N) is 1. The molecule has 122 valence electrons. The number of aliphatic hydroxyl groups excluding tert-OH is 1. The number of aliphatic carboxylic acids is 1. The van der Waals surface area contributed by atoms with Gasteiger partial charge in [0.25, 0.3) is 0 Å². The van der Waals surface area contributed by atoms with Crippen molar-refractivity contribution in [2.45, 2.75) is 25.5 Å². The van der Waals surface area contributed by atoms with Gasteiger partial charge in [0.1, 0.15) is 17.2 Å². The molecule has 0 aliphatic carbocycles. The fourth-order valence-electron chi connectivity index (χ4n) is 3.00. The highest BCUT2D eigenvalue weighted by molar-refractivity contribution is 7.91. The van der Waals surface area contributed by atoms with Crippen LogP contribution in [0.4, 0.5) is 0 Å². The molecule has 0 radical (unpaired) electrons. The number of fused-ring (bicyclic) bond motifs is 1. The normalized spacial score (nSPS) is 26.3. The molecule has 0 bridgehead atoms. The van der Waals surface area contributed by atoms with Crippen LogP contribution in [0, 0.1) is 11.3 Å². The molecular formula is C13H19N3O5S. The summed E-state index contributed by atoms with van der Waals surface area (Å²) < 4.78 is 12.0. The Morgan fingerprint density at radius 2 is 2.36 bits per heavy atom. The lowest BCUT2D eigenvalue weighted by Gasteiger charge is -2.44. The van der Waals surface area contributed by atoms with Crippen molar-refractivity contribution in [3.05, 3.63) is 11.3 Å². The summed E-state index contributed by atoms with van der Waals surface area (Å²) in [5.74, 6) is -1.79. The van der Waals surface area contributed by atoms with Gasteiger partial charge in [0.15, 0.2) is 0 Å². The summed E-state index contributed by atoms with van der Waals surface area (Å²) in [7, 11) is 0. The van der Waals surface area contributed by atoms with Gasteiger partial charge >= 0.3 is 5.97 Å². The molecular weight excluding hydrogens is 310 g/mol. The molecule has 1 fully saturated rings. The second-order valence-electron chi connectivity index (χ2n) is 5.39. The number of carboxylic acid groups (broad SMARTS) is 1. The van der Waals surface area contributed by atoms with Gasteiger partial charge in [0.2, 0.25) is 5.91 Å². The number of hydrogen-bond donors (Lipinski definition) is 4. The van der Waals surface area contributed by atoms with Gasteiger partial charge in [0, 0.05) is 5.57 Å². The zero-order valence-corrected chi connectivity index (χ0v) is 12.9. The standard InChI is InChI=1S/C13H19N3O5S/c1-7(17)10-9-4-8(5-22(21)3-2-15-6-14)11(13(19)20)16(9)12(10)18/h6-7,9-10,17H,2-5H2,1H3,(H2,14,15)(H,19,20). The quantitative estimate of drug-likeness (QED) is 0.146. The number of hydrogen-bond acceptors (Lipinski definition) is 5. The SMILES string of the molecule is CC(O)C1C(=O)N2C(C(=O)O)=C(C[S+]([O-])CCNC=N)CC12. The average molecular weight is 329 g/mol. The molecule has 0 spiro atoms. The van der Waals surface area contributed by atoms with Crippen molar-refractivity contribution in [1.29, 1.82) is 5.41 Å². The van der Waals surface area contributed by atoms with E-state index in [4.69, 9.17) is 5.41 Å². The fourth-order valence-corrected chi connectivity index (χ4v) is 4.13. The van der Waals surface area contributed by atoms with Gasteiger partial charge in [0.05, 0.1) is 30.9 Å². The van der Waals surface area contributed by atoms with E-state index in [1.807, 2.05) is 0 Å². The molecule has 9 heteroatoms. The molecule has 0 aromatic rings. The Morgan fingerprint density at radius 1 is 1.68 bits per heavy atom. The number of aliphatic hydroxyl groups is 1. The molecule has 0 saturated carbocycles. The summed E-state index contributed by atoms with van der Waals surface area (Å²) in [6.07, 6.45) is 0.518. The topological polar surface area (TPSA) is 137 Å². The first kappa shape index (κ1) is 16.8. The maximum absolute atomic E-state index is 12.0. The second kappa shape index (κ2) is 6.67. The van der Waals surface area contributed by atoms with E-state index in [2.05, 4.69) is 5.32 Å². The lowest BCUT2D eigenvalue weighted by atomic mass is 9.83. The van der Waals surface area contributed by atoms with Crippen LogP contribution in [0.5, 0.6) is 0 Å². The minimum absolute atomic E-state index is 0.0831. The molecule has 8 nitrogen and oxygen atoms in total. The maximum atomic E-state index is 12.0. The first-order valence-electron chi connectivity index (χ1n) is 6.92. The van der Waals surface area contributed by atoms with E-state index >= 15 is 0 Å². The molecule has 0 aromatic carbocycles. The third-order valence-electron chi connectivity index (χ3n) is 3.93. The van der Waals surface area contributed by atoms with Crippen LogP contribution in [0.3, 0.4) is 0 Å². The molecule has 2 aliphatic heterocycles. The van der Waals surface area contributed by atoms with E-state index in [0.29, 0.717) is 24.3 Å².